The highest BCUT2D eigenvalue weighted by molar-refractivity contribution is 5.79. The molecule has 0 N–H and O–H groups in total. The smallest absolute Gasteiger partial charge is 0.260 e. The molecule has 7 heteroatoms. The minimum atomic E-state index is -0.0898. The number of hydrogen-bond donors (Lipinski definition) is 0. The van der Waals surface area contributed by atoms with Crippen LogP contribution in [0.3, 0.4) is 0 Å². The van der Waals surface area contributed by atoms with E-state index in [1.54, 1.807) is 11.0 Å². The molecule has 31 heavy (non-hydrogen) atoms. The lowest BCUT2D eigenvalue weighted by molar-refractivity contribution is -0.135. The Kier molecular flexibility index (Phi) is 8.58. The maximum atomic E-state index is 12.6. The van der Waals surface area contributed by atoms with E-state index in [1.807, 2.05) is 60.4 Å². The van der Waals surface area contributed by atoms with E-state index in [0.717, 1.165) is 12.2 Å². The highest BCUT2D eigenvalue weighted by Crippen LogP contribution is 2.26. The van der Waals surface area contributed by atoms with Crippen molar-refractivity contribution < 1.29 is 23.8 Å². The first-order valence-electron chi connectivity index (χ1n) is 10.8. The van der Waals surface area contributed by atoms with Crippen molar-refractivity contribution in [2.45, 2.75) is 19.8 Å². The summed E-state index contributed by atoms with van der Waals surface area (Å²) in [6, 6.07) is 16.8. The number of amides is 2. The van der Waals surface area contributed by atoms with Gasteiger partial charge in [-0.2, -0.15) is 0 Å². The van der Waals surface area contributed by atoms with Crippen LogP contribution in [0, 0.1) is 0 Å². The monoisotopic (exact) mass is 426 g/mol. The van der Waals surface area contributed by atoms with Crippen molar-refractivity contribution in [2.24, 2.45) is 0 Å². The molecule has 1 aliphatic rings. The molecule has 1 fully saturated rings. The predicted octanol–water partition coefficient (Wildman–Crippen LogP) is 2.99. The van der Waals surface area contributed by atoms with Crippen LogP contribution in [0.15, 0.2) is 54.6 Å². The van der Waals surface area contributed by atoms with Gasteiger partial charge in [0.05, 0.1) is 19.6 Å². The third kappa shape index (κ3) is 6.91. The van der Waals surface area contributed by atoms with Gasteiger partial charge in [0, 0.05) is 26.2 Å². The number of benzene rings is 2. The number of rotatable bonds is 9. The number of carbonyl (C=O) groups excluding carboxylic acids is 2. The molecule has 0 spiro atoms. The lowest BCUT2D eigenvalue weighted by Crippen LogP contribution is -2.39. The minimum Gasteiger partial charge on any atom is -0.493 e. The Balaban J connectivity index is 1.42. The van der Waals surface area contributed by atoms with E-state index in [0.29, 0.717) is 57.3 Å². The van der Waals surface area contributed by atoms with Gasteiger partial charge in [0.2, 0.25) is 5.91 Å². The van der Waals surface area contributed by atoms with Crippen molar-refractivity contribution in [3.63, 3.8) is 0 Å². The second kappa shape index (κ2) is 11.8. The molecule has 1 saturated heterocycles. The molecule has 0 aromatic heterocycles. The lowest BCUT2D eigenvalue weighted by atomic mass is 10.3. The van der Waals surface area contributed by atoms with Crippen LogP contribution in [0.5, 0.6) is 17.2 Å². The summed E-state index contributed by atoms with van der Waals surface area (Å²) in [4.78, 5) is 28.7. The van der Waals surface area contributed by atoms with Crippen molar-refractivity contribution in [1.29, 1.82) is 0 Å². The molecule has 0 atom stereocenters. The maximum Gasteiger partial charge on any atom is 0.260 e. The van der Waals surface area contributed by atoms with Crippen LogP contribution in [-0.2, 0) is 9.59 Å². The highest BCUT2D eigenvalue weighted by Gasteiger charge is 2.22. The standard InChI is InChI=1S/C24H30N2O5/c1-2-29-21-11-6-7-12-22(21)31-19-24(28)26-15-8-14-25(16-17-26)23(27)13-18-30-20-9-4-3-5-10-20/h3-7,9-12H,2,8,13-19H2,1H3. The molecule has 0 unspecified atom stereocenters. The van der Waals surface area contributed by atoms with E-state index in [9.17, 15) is 9.59 Å². The zero-order chi connectivity index (χ0) is 21.9. The Morgan fingerprint density at radius 2 is 1.39 bits per heavy atom. The van der Waals surface area contributed by atoms with E-state index in [4.69, 9.17) is 14.2 Å². The molecule has 1 aliphatic heterocycles. The van der Waals surface area contributed by atoms with Gasteiger partial charge in [-0.1, -0.05) is 30.3 Å². The molecule has 2 aromatic rings. The zero-order valence-electron chi connectivity index (χ0n) is 18.0. The zero-order valence-corrected chi connectivity index (χ0v) is 18.0. The van der Waals surface area contributed by atoms with E-state index in [1.165, 1.54) is 0 Å². The summed E-state index contributed by atoms with van der Waals surface area (Å²) in [5, 5.41) is 0. The summed E-state index contributed by atoms with van der Waals surface area (Å²) < 4.78 is 16.9. The molecular weight excluding hydrogens is 396 g/mol. The first kappa shape index (κ1) is 22.5. The molecule has 166 valence electrons. The predicted molar refractivity (Wildman–Crippen MR) is 117 cm³/mol. The van der Waals surface area contributed by atoms with Gasteiger partial charge in [-0.25, -0.2) is 0 Å². The van der Waals surface area contributed by atoms with Gasteiger partial charge in [-0.15, -0.1) is 0 Å². The van der Waals surface area contributed by atoms with Gasteiger partial charge < -0.3 is 24.0 Å². The molecule has 0 saturated carbocycles. The Bertz CT molecular complexity index is 843. The highest BCUT2D eigenvalue weighted by atomic mass is 16.5. The largest absolute Gasteiger partial charge is 0.493 e. The van der Waals surface area contributed by atoms with Crippen LogP contribution in [0.25, 0.3) is 0 Å². The van der Waals surface area contributed by atoms with E-state index >= 15 is 0 Å². The van der Waals surface area contributed by atoms with Crippen LogP contribution in [0.4, 0.5) is 0 Å². The summed E-state index contributed by atoms with van der Waals surface area (Å²) in [6.07, 6.45) is 1.06. The Hall–Kier alpha value is -3.22. The maximum absolute atomic E-state index is 12.6. The summed E-state index contributed by atoms with van der Waals surface area (Å²) in [5.74, 6) is 1.90. The normalized spacial score (nSPS) is 14.0. The summed E-state index contributed by atoms with van der Waals surface area (Å²) in [7, 11) is 0. The van der Waals surface area contributed by atoms with E-state index in [-0.39, 0.29) is 18.4 Å². The number of para-hydroxylation sites is 3. The summed E-state index contributed by atoms with van der Waals surface area (Å²) in [6.45, 7) is 4.99. The number of ether oxygens (including phenoxy) is 3. The van der Waals surface area contributed by atoms with Gasteiger partial charge in [0.25, 0.3) is 5.91 Å². The van der Waals surface area contributed by atoms with Crippen molar-refractivity contribution in [2.75, 3.05) is 46.0 Å². The van der Waals surface area contributed by atoms with Crippen LogP contribution < -0.4 is 14.2 Å². The van der Waals surface area contributed by atoms with E-state index in [2.05, 4.69) is 0 Å². The first-order chi connectivity index (χ1) is 15.2. The van der Waals surface area contributed by atoms with Crippen LogP contribution in [0.1, 0.15) is 19.8 Å². The summed E-state index contributed by atoms with van der Waals surface area (Å²) >= 11 is 0. The molecule has 3 rings (SSSR count). The molecule has 2 amide bonds. The minimum absolute atomic E-state index is 0.0483. The molecule has 7 nitrogen and oxygen atoms in total. The van der Waals surface area contributed by atoms with Gasteiger partial charge in [0.1, 0.15) is 5.75 Å². The Labute approximate surface area is 183 Å². The van der Waals surface area contributed by atoms with Crippen molar-refractivity contribution >= 4 is 11.8 Å². The van der Waals surface area contributed by atoms with Gasteiger partial charge >= 0.3 is 0 Å². The van der Waals surface area contributed by atoms with Crippen molar-refractivity contribution in [1.82, 2.24) is 9.80 Å². The second-order valence-electron chi connectivity index (χ2n) is 7.20. The first-order valence-corrected chi connectivity index (χ1v) is 10.8. The SMILES string of the molecule is CCOc1ccccc1OCC(=O)N1CCCN(C(=O)CCOc2ccccc2)CC1. The number of nitrogens with zero attached hydrogens (tertiary/aromatic N) is 2. The average Bonchev–Trinajstić information content (AvgIpc) is 3.06. The van der Waals surface area contributed by atoms with Gasteiger partial charge in [-0.05, 0) is 37.6 Å². The van der Waals surface area contributed by atoms with Gasteiger partial charge in [-0.3, -0.25) is 9.59 Å². The average molecular weight is 427 g/mol. The number of hydrogen-bond acceptors (Lipinski definition) is 5. The van der Waals surface area contributed by atoms with E-state index < -0.39 is 0 Å². The topological polar surface area (TPSA) is 68.3 Å². The Morgan fingerprint density at radius 1 is 0.774 bits per heavy atom. The summed E-state index contributed by atoms with van der Waals surface area (Å²) in [5.41, 5.74) is 0. The molecule has 0 aliphatic carbocycles. The van der Waals surface area contributed by atoms with Crippen LogP contribution in [-0.4, -0.2) is 67.6 Å². The van der Waals surface area contributed by atoms with Crippen molar-refractivity contribution in [3.8, 4) is 17.2 Å². The van der Waals surface area contributed by atoms with Gasteiger partial charge in [0.15, 0.2) is 18.1 Å². The fourth-order valence-corrected chi connectivity index (χ4v) is 3.42. The van der Waals surface area contributed by atoms with Crippen LogP contribution in [0.2, 0.25) is 0 Å². The Morgan fingerprint density at radius 3 is 2.06 bits per heavy atom. The molecule has 2 aromatic carbocycles. The number of carbonyl (C=O) groups is 2. The lowest BCUT2D eigenvalue weighted by Gasteiger charge is -2.22. The van der Waals surface area contributed by atoms with Crippen molar-refractivity contribution in [3.05, 3.63) is 54.6 Å². The molecular formula is C24H30N2O5. The third-order valence-electron chi connectivity index (χ3n) is 5.03. The van der Waals surface area contributed by atoms with Crippen LogP contribution >= 0.6 is 0 Å². The quantitative estimate of drug-likeness (QED) is 0.617. The molecule has 0 radical (unpaired) electrons. The molecule has 1 heterocycles. The second-order valence-corrected chi connectivity index (χ2v) is 7.20. The molecule has 0 bridgehead atoms. The fraction of sp³-hybridized carbons (Fsp3) is 0.417. The third-order valence-corrected chi connectivity index (χ3v) is 5.03. The fourth-order valence-electron chi connectivity index (χ4n) is 3.42.